The van der Waals surface area contributed by atoms with Crippen LogP contribution in [-0.4, -0.2) is 27.7 Å². The number of benzene rings is 1. The molecule has 1 aromatic heterocycles. The van der Waals surface area contributed by atoms with Crippen molar-refractivity contribution in [1.29, 1.82) is 0 Å². The van der Waals surface area contributed by atoms with Gasteiger partial charge in [-0.05, 0) is 30.7 Å². The summed E-state index contributed by atoms with van der Waals surface area (Å²) in [5.74, 6) is 0.319. The summed E-state index contributed by atoms with van der Waals surface area (Å²) in [6.07, 6.45) is 18.7. The Bertz CT molecular complexity index is 714. The number of unbranched alkanes of at least 4 members (excludes halogenated alkanes) is 11. The largest absolute Gasteiger partial charge is 0.494 e. The highest BCUT2D eigenvalue weighted by atomic mass is 16.5. The fourth-order valence-electron chi connectivity index (χ4n) is 3.42. The molecule has 0 aliphatic heterocycles. The molecule has 0 bridgehead atoms. The van der Waals surface area contributed by atoms with Crippen molar-refractivity contribution in [3.05, 3.63) is 42.2 Å². The van der Waals surface area contributed by atoms with E-state index in [1.165, 1.54) is 83.0 Å². The quantitative estimate of drug-likeness (QED) is 0.303. The summed E-state index contributed by atoms with van der Waals surface area (Å²) >= 11 is 0. The van der Waals surface area contributed by atoms with Crippen molar-refractivity contribution in [2.24, 2.45) is 0 Å². The molecule has 0 amide bonds. The fraction of sp³-hybridized carbons (Fsp3) is 0.560. The van der Waals surface area contributed by atoms with Gasteiger partial charge >= 0.3 is 5.97 Å². The molecule has 0 aliphatic carbocycles. The third kappa shape index (κ3) is 9.38. The van der Waals surface area contributed by atoms with E-state index in [2.05, 4.69) is 16.9 Å². The van der Waals surface area contributed by atoms with E-state index < -0.39 is 5.97 Å². The minimum Gasteiger partial charge on any atom is -0.494 e. The van der Waals surface area contributed by atoms with Crippen molar-refractivity contribution in [3.63, 3.8) is 0 Å². The van der Waals surface area contributed by atoms with Crippen LogP contribution in [0.1, 0.15) is 94.3 Å². The van der Waals surface area contributed by atoms with Crippen LogP contribution < -0.4 is 4.74 Å². The molecule has 30 heavy (non-hydrogen) atoms. The highest BCUT2D eigenvalue weighted by Crippen LogP contribution is 2.20. The molecule has 5 heteroatoms. The lowest BCUT2D eigenvalue weighted by Crippen LogP contribution is -2.00. The van der Waals surface area contributed by atoms with Gasteiger partial charge in [0.25, 0.3) is 0 Å². The van der Waals surface area contributed by atoms with Gasteiger partial charge in [-0.1, -0.05) is 77.6 Å². The fourth-order valence-corrected chi connectivity index (χ4v) is 3.42. The molecule has 0 saturated carbocycles. The van der Waals surface area contributed by atoms with Gasteiger partial charge in [-0.15, -0.1) is 0 Å². The second-order valence-corrected chi connectivity index (χ2v) is 7.86. The maximum absolute atomic E-state index is 10.9. The average molecular weight is 413 g/mol. The topological polar surface area (TPSA) is 72.3 Å². The summed E-state index contributed by atoms with van der Waals surface area (Å²) in [6, 6.07) is 7.61. The molecule has 1 aromatic carbocycles. The van der Waals surface area contributed by atoms with Crippen LogP contribution in [0.3, 0.4) is 0 Å². The molecular formula is C25H36N2O3. The van der Waals surface area contributed by atoms with Crippen LogP contribution in [0.4, 0.5) is 0 Å². The summed E-state index contributed by atoms with van der Waals surface area (Å²) in [4.78, 5) is 19.1. The first kappa shape index (κ1) is 23.8. The Balaban J connectivity index is 1.52. The summed E-state index contributed by atoms with van der Waals surface area (Å²) < 4.78 is 5.82. The van der Waals surface area contributed by atoms with E-state index in [1.54, 1.807) is 0 Å². The zero-order valence-electron chi connectivity index (χ0n) is 18.3. The van der Waals surface area contributed by atoms with E-state index in [0.717, 1.165) is 24.3 Å². The highest BCUT2D eigenvalue weighted by Gasteiger charge is 2.06. The lowest BCUT2D eigenvalue weighted by molar-refractivity contribution is 0.0696. The number of hydrogen-bond acceptors (Lipinski definition) is 4. The Kier molecular flexibility index (Phi) is 11.6. The van der Waals surface area contributed by atoms with Gasteiger partial charge in [0.2, 0.25) is 0 Å². The van der Waals surface area contributed by atoms with Crippen molar-refractivity contribution in [2.45, 2.75) is 84.0 Å². The van der Waals surface area contributed by atoms with Crippen molar-refractivity contribution in [1.82, 2.24) is 9.97 Å². The molecule has 1 heterocycles. The summed E-state index contributed by atoms with van der Waals surface area (Å²) in [7, 11) is 0. The number of aromatic carboxylic acids is 1. The number of ether oxygens (including phenoxy) is 1. The third-order valence-corrected chi connectivity index (χ3v) is 5.28. The molecule has 2 rings (SSSR count). The first-order valence-electron chi connectivity index (χ1n) is 11.5. The zero-order chi connectivity index (χ0) is 21.4. The molecule has 0 unspecified atom stereocenters. The van der Waals surface area contributed by atoms with Crippen LogP contribution in [0.15, 0.2) is 36.7 Å². The molecule has 0 aliphatic rings. The Morgan fingerprint density at radius 1 is 0.800 bits per heavy atom. The van der Waals surface area contributed by atoms with Gasteiger partial charge in [-0.2, -0.15) is 0 Å². The van der Waals surface area contributed by atoms with Crippen molar-refractivity contribution < 1.29 is 14.6 Å². The van der Waals surface area contributed by atoms with Crippen LogP contribution >= 0.6 is 0 Å². The summed E-state index contributed by atoms with van der Waals surface area (Å²) in [5, 5.41) is 8.90. The van der Waals surface area contributed by atoms with Gasteiger partial charge in [0.05, 0.1) is 12.2 Å². The van der Waals surface area contributed by atoms with Gasteiger partial charge in [0.1, 0.15) is 5.75 Å². The normalized spacial score (nSPS) is 10.8. The number of aromatic nitrogens is 2. The first-order valence-corrected chi connectivity index (χ1v) is 11.5. The van der Waals surface area contributed by atoms with E-state index in [4.69, 9.17) is 9.84 Å². The SMILES string of the molecule is CCCCCCCCCCCCCCOc1ccc(-c2ncc(C(=O)O)cn2)cc1. The minimum absolute atomic E-state index is 0.0844. The number of carbonyl (C=O) groups is 1. The van der Waals surface area contributed by atoms with Crippen LogP contribution in [0.5, 0.6) is 5.75 Å². The average Bonchev–Trinajstić information content (AvgIpc) is 2.77. The Hall–Kier alpha value is -2.43. The molecule has 164 valence electrons. The lowest BCUT2D eigenvalue weighted by atomic mass is 10.1. The first-order chi connectivity index (χ1) is 14.7. The number of nitrogens with zero attached hydrogens (tertiary/aromatic N) is 2. The van der Waals surface area contributed by atoms with Crippen molar-refractivity contribution >= 4 is 5.97 Å². The second kappa shape index (κ2) is 14.5. The lowest BCUT2D eigenvalue weighted by Gasteiger charge is -2.07. The molecule has 0 atom stereocenters. The molecule has 5 nitrogen and oxygen atoms in total. The van der Waals surface area contributed by atoms with Gasteiger partial charge in [-0.25, -0.2) is 14.8 Å². The maximum atomic E-state index is 10.9. The number of rotatable bonds is 16. The number of hydrogen-bond donors (Lipinski definition) is 1. The van der Waals surface area contributed by atoms with Crippen LogP contribution in [0.2, 0.25) is 0 Å². The molecular weight excluding hydrogens is 376 g/mol. The van der Waals surface area contributed by atoms with Crippen LogP contribution in [0.25, 0.3) is 11.4 Å². The van der Waals surface area contributed by atoms with Gasteiger partial charge in [-0.3, -0.25) is 0 Å². The van der Waals surface area contributed by atoms with E-state index in [0.29, 0.717) is 5.82 Å². The molecule has 0 spiro atoms. The molecule has 2 aromatic rings. The Labute approximate surface area is 180 Å². The van der Waals surface area contributed by atoms with Gasteiger partial charge < -0.3 is 9.84 Å². The highest BCUT2D eigenvalue weighted by molar-refractivity contribution is 5.86. The molecule has 0 radical (unpaired) electrons. The van der Waals surface area contributed by atoms with E-state index >= 15 is 0 Å². The van der Waals surface area contributed by atoms with Crippen LogP contribution in [0, 0.1) is 0 Å². The van der Waals surface area contributed by atoms with Crippen LogP contribution in [-0.2, 0) is 0 Å². The Morgan fingerprint density at radius 2 is 1.30 bits per heavy atom. The predicted octanol–water partition coefficient (Wildman–Crippen LogP) is 6.92. The third-order valence-electron chi connectivity index (χ3n) is 5.28. The summed E-state index contributed by atoms with van der Waals surface area (Å²) in [5.41, 5.74) is 0.922. The number of carboxylic acids is 1. The predicted molar refractivity (Wildman–Crippen MR) is 121 cm³/mol. The van der Waals surface area contributed by atoms with Gasteiger partial charge in [0.15, 0.2) is 5.82 Å². The molecule has 1 N–H and O–H groups in total. The molecule has 0 saturated heterocycles. The maximum Gasteiger partial charge on any atom is 0.338 e. The van der Waals surface area contributed by atoms with Crippen molar-refractivity contribution in [3.8, 4) is 17.1 Å². The monoisotopic (exact) mass is 412 g/mol. The standard InChI is InChI=1S/C25H36N2O3/c1-2-3-4-5-6-7-8-9-10-11-12-13-18-30-23-16-14-21(15-17-23)24-26-19-22(20-27-24)25(28)29/h14-17,19-20H,2-13,18H2,1H3,(H,28,29). The smallest absolute Gasteiger partial charge is 0.338 e. The summed E-state index contributed by atoms with van der Waals surface area (Å²) in [6.45, 7) is 3.00. The van der Waals surface area contributed by atoms with Crippen molar-refractivity contribution in [2.75, 3.05) is 6.61 Å². The minimum atomic E-state index is -1.02. The van der Waals surface area contributed by atoms with E-state index in [1.807, 2.05) is 24.3 Å². The van der Waals surface area contributed by atoms with E-state index in [9.17, 15) is 4.79 Å². The van der Waals surface area contributed by atoms with Gasteiger partial charge in [0, 0.05) is 18.0 Å². The second-order valence-electron chi connectivity index (χ2n) is 7.86. The van der Waals surface area contributed by atoms with E-state index in [-0.39, 0.29) is 5.56 Å². The zero-order valence-corrected chi connectivity index (χ0v) is 18.3. The number of carboxylic acid groups (broad SMARTS) is 1. The molecule has 0 fully saturated rings. The Morgan fingerprint density at radius 3 is 1.80 bits per heavy atom.